The summed E-state index contributed by atoms with van der Waals surface area (Å²) in [4.78, 5) is 5.86. The van der Waals surface area contributed by atoms with Gasteiger partial charge in [-0.25, -0.2) is 4.98 Å². The third-order valence-corrected chi connectivity index (χ3v) is 3.05. The molecule has 0 aromatic carbocycles. The molecule has 0 saturated heterocycles. The molecule has 0 aliphatic heterocycles. The van der Waals surface area contributed by atoms with E-state index in [9.17, 15) is 0 Å². The minimum atomic E-state index is 0.581. The summed E-state index contributed by atoms with van der Waals surface area (Å²) in [5.74, 6) is 0.581. The first kappa shape index (κ1) is 9.68. The van der Waals surface area contributed by atoms with Gasteiger partial charge in [0.05, 0.1) is 10.7 Å². The number of rotatable bonds is 3. The molecule has 0 aliphatic carbocycles. The fourth-order valence-corrected chi connectivity index (χ4v) is 2.23. The van der Waals surface area contributed by atoms with Gasteiger partial charge in [0.2, 0.25) is 0 Å². The topological polar surface area (TPSA) is 38.9 Å². The lowest BCUT2D eigenvalue weighted by atomic mass is 10.1. The van der Waals surface area contributed by atoms with Gasteiger partial charge in [-0.2, -0.15) is 0 Å². The molecular formula is C9H16N2S. The third kappa shape index (κ3) is 2.05. The zero-order chi connectivity index (χ0) is 9.14. The highest BCUT2D eigenvalue weighted by molar-refractivity contribution is 7.11. The van der Waals surface area contributed by atoms with E-state index in [1.807, 2.05) is 0 Å². The molecule has 1 rings (SSSR count). The SMILES string of the molecule is Cc1nc(CCN)c(C(C)C)s1. The molecular weight excluding hydrogens is 168 g/mol. The number of thiazole rings is 1. The standard InChI is InChI=1S/C9H16N2S/c1-6(2)9-8(4-5-10)11-7(3)12-9/h6H,4-5,10H2,1-3H3. The Morgan fingerprint density at radius 2 is 2.17 bits per heavy atom. The molecule has 3 heteroatoms. The van der Waals surface area contributed by atoms with Crippen molar-refractivity contribution in [3.8, 4) is 0 Å². The van der Waals surface area contributed by atoms with Gasteiger partial charge in [-0.05, 0) is 19.4 Å². The Morgan fingerprint density at radius 3 is 2.67 bits per heavy atom. The Balaban J connectivity index is 2.92. The largest absolute Gasteiger partial charge is 0.330 e. The van der Waals surface area contributed by atoms with Crippen LogP contribution in [0, 0.1) is 6.92 Å². The maximum atomic E-state index is 5.50. The van der Waals surface area contributed by atoms with Gasteiger partial charge in [-0.15, -0.1) is 11.3 Å². The van der Waals surface area contributed by atoms with Gasteiger partial charge in [0.15, 0.2) is 0 Å². The maximum Gasteiger partial charge on any atom is 0.0900 e. The summed E-state index contributed by atoms with van der Waals surface area (Å²) in [6, 6.07) is 0. The van der Waals surface area contributed by atoms with Crippen LogP contribution in [-0.2, 0) is 6.42 Å². The summed E-state index contributed by atoms with van der Waals surface area (Å²) in [5, 5.41) is 1.15. The molecule has 0 unspecified atom stereocenters. The minimum Gasteiger partial charge on any atom is -0.330 e. The number of nitrogens with two attached hydrogens (primary N) is 1. The molecule has 0 saturated carbocycles. The predicted octanol–water partition coefficient (Wildman–Crippen LogP) is 2.08. The van der Waals surface area contributed by atoms with E-state index in [-0.39, 0.29) is 0 Å². The third-order valence-electron chi connectivity index (χ3n) is 1.74. The number of hydrogen-bond donors (Lipinski definition) is 1. The number of aromatic nitrogens is 1. The summed E-state index contributed by atoms with van der Waals surface area (Å²) in [7, 11) is 0. The van der Waals surface area contributed by atoms with Crippen molar-refractivity contribution in [3.63, 3.8) is 0 Å². The van der Waals surface area contributed by atoms with Gasteiger partial charge < -0.3 is 5.73 Å². The van der Waals surface area contributed by atoms with E-state index in [0.29, 0.717) is 12.5 Å². The van der Waals surface area contributed by atoms with Crippen LogP contribution in [0.1, 0.15) is 35.3 Å². The van der Waals surface area contributed by atoms with Crippen LogP contribution in [0.4, 0.5) is 0 Å². The molecule has 2 nitrogen and oxygen atoms in total. The lowest BCUT2D eigenvalue weighted by Gasteiger charge is -2.02. The summed E-state index contributed by atoms with van der Waals surface area (Å²) in [6.45, 7) is 7.15. The van der Waals surface area contributed by atoms with Gasteiger partial charge in [0.1, 0.15) is 0 Å². The zero-order valence-corrected chi connectivity index (χ0v) is 8.74. The first-order valence-electron chi connectivity index (χ1n) is 4.31. The molecule has 0 aliphatic rings. The van der Waals surface area contributed by atoms with Gasteiger partial charge in [-0.3, -0.25) is 0 Å². The molecule has 68 valence electrons. The second-order valence-electron chi connectivity index (χ2n) is 3.24. The summed E-state index contributed by atoms with van der Waals surface area (Å²) in [6.07, 6.45) is 0.915. The monoisotopic (exact) mass is 184 g/mol. The van der Waals surface area contributed by atoms with Crippen molar-refractivity contribution < 1.29 is 0 Å². The van der Waals surface area contributed by atoms with Crippen LogP contribution in [0.3, 0.4) is 0 Å². The van der Waals surface area contributed by atoms with Crippen molar-refractivity contribution in [3.05, 3.63) is 15.6 Å². The second-order valence-corrected chi connectivity index (χ2v) is 4.47. The number of nitrogens with zero attached hydrogens (tertiary/aromatic N) is 1. The van der Waals surface area contributed by atoms with Crippen LogP contribution in [-0.4, -0.2) is 11.5 Å². The number of aryl methyl sites for hydroxylation is 1. The molecule has 1 aromatic rings. The Kier molecular flexibility index (Phi) is 3.23. The maximum absolute atomic E-state index is 5.50. The molecule has 0 fully saturated rings. The quantitative estimate of drug-likeness (QED) is 0.781. The average molecular weight is 184 g/mol. The van der Waals surface area contributed by atoms with Crippen LogP contribution >= 0.6 is 11.3 Å². The Hall–Kier alpha value is -0.410. The smallest absolute Gasteiger partial charge is 0.0900 e. The molecule has 0 amide bonds. The van der Waals surface area contributed by atoms with Crippen LogP contribution in [0.25, 0.3) is 0 Å². The first-order valence-corrected chi connectivity index (χ1v) is 5.13. The van der Waals surface area contributed by atoms with Gasteiger partial charge in [-0.1, -0.05) is 13.8 Å². The molecule has 0 bridgehead atoms. The fraction of sp³-hybridized carbons (Fsp3) is 0.667. The zero-order valence-electron chi connectivity index (χ0n) is 7.92. The van der Waals surface area contributed by atoms with Crippen molar-refractivity contribution in [2.45, 2.75) is 33.1 Å². The molecule has 0 atom stereocenters. The van der Waals surface area contributed by atoms with E-state index < -0.39 is 0 Å². The van der Waals surface area contributed by atoms with Crippen LogP contribution in [0.5, 0.6) is 0 Å². The molecule has 1 aromatic heterocycles. The second kappa shape index (κ2) is 4.01. The van der Waals surface area contributed by atoms with E-state index in [1.165, 1.54) is 10.6 Å². The van der Waals surface area contributed by atoms with Crippen LogP contribution < -0.4 is 5.73 Å². The van der Waals surface area contributed by atoms with Gasteiger partial charge in [0.25, 0.3) is 0 Å². The van der Waals surface area contributed by atoms with Gasteiger partial charge in [0, 0.05) is 11.3 Å². The molecule has 2 N–H and O–H groups in total. The summed E-state index contributed by atoms with van der Waals surface area (Å²) >= 11 is 1.80. The average Bonchev–Trinajstić information content (AvgIpc) is 2.32. The van der Waals surface area contributed by atoms with E-state index in [0.717, 1.165) is 11.4 Å². The lowest BCUT2D eigenvalue weighted by molar-refractivity contribution is 0.835. The highest BCUT2D eigenvalue weighted by Gasteiger charge is 2.10. The van der Waals surface area contributed by atoms with E-state index in [1.54, 1.807) is 11.3 Å². The lowest BCUT2D eigenvalue weighted by Crippen LogP contribution is -2.05. The molecule has 0 radical (unpaired) electrons. The van der Waals surface area contributed by atoms with Crippen molar-refractivity contribution >= 4 is 11.3 Å². The fourth-order valence-electron chi connectivity index (χ4n) is 1.25. The van der Waals surface area contributed by atoms with Crippen molar-refractivity contribution in [2.24, 2.45) is 5.73 Å². The van der Waals surface area contributed by atoms with Crippen LogP contribution in [0.15, 0.2) is 0 Å². The van der Waals surface area contributed by atoms with Crippen molar-refractivity contribution in [1.29, 1.82) is 0 Å². The summed E-state index contributed by atoms with van der Waals surface area (Å²) in [5.41, 5.74) is 6.71. The molecule has 0 spiro atoms. The number of hydrogen-bond acceptors (Lipinski definition) is 3. The highest BCUT2D eigenvalue weighted by atomic mass is 32.1. The minimum absolute atomic E-state index is 0.581. The van der Waals surface area contributed by atoms with Crippen LogP contribution in [0.2, 0.25) is 0 Å². The van der Waals surface area contributed by atoms with Gasteiger partial charge >= 0.3 is 0 Å². The Morgan fingerprint density at radius 1 is 1.50 bits per heavy atom. The Bertz CT molecular complexity index is 253. The van der Waals surface area contributed by atoms with Crippen molar-refractivity contribution in [2.75, 3.05) is 6.54 Å². The predicted molar refractivity (Wildman–Crippen MR) is 53.7 cm³/mol. The van der Waals surface area contributed by atoms with E-state index >= 15 is 0 Å². The molecule has 1 heterocycles. The van der Waals surface area contributed by atoms with Crippen molar-refractivity contribution in [1.82, 2.24) is 4.98 Å². The van der Waals surface area contributed by atoms with E-state index in [4.69, 9.17) is 5.73 Å². The Labute approximate surface area is 77.8 Å². The first-order chi connectivity index (χ1) is 5.65. The van der Waals surface area contributed by atoms with E-state index in [2.05, 4.69) is 25.8 Å². The molecule has 12 heavy (non-hydrogen) atoms. The highest BCUT2D eigenvalue weighted by Crippen LogP contribution is 2.26. The normalized spacial score (nSPS) is 11.1. The summed E-state index contributed by atoms with van der Waals surface area (Å²) < 4.78 is 0.